The summed E-state index contributed by atoms with van der Waals surface area (Å²) in [6.07, 6.45) is 2.96. The lowest BCUT2D eigenvalue weighted by Crippen LogP contribution is -2.46. The second-order valence-electron chi connectivity index (χ2n) is 7.64. The van der Waals surface area contributed by atoms with Gasteiger partial charge >= 0.3 is 0 Å². The van der Waals surface area contributed by atoms with Gasteiger partial charge < -0.3 is 10.2 Å². The SMILES string of the molecule is C=CCNC(=O)[C@H]1CCCN1C(=O)c1ccc(NS(=O)(=O)c2cc(C)ccc2C)cc1. The van der Waals surface area contributed by atoms with E-state index in [9.17, 15) is 18.0 Å². The minimum Gasteiger partial charge on any atom is -0.351 e. The summed E-state index contributed by atoms with van der Waals surface area (Å²) in [5.74, 6) is -0.441. The summed E-state index contributed by atoms with van der Waals surface area (Å²) in [6.45, 7) is 8.02. The van der Waals surface area contributed by atoms with E-state index in [-0.39, 0.29) is 16.7 Å². The van der Waals surface area contributed by atoms with Crippen LogP contribution in [0.25, 0.3) is 0 Å². The summed E-state index contributed by atoms with van der Waals surface area (Å²) in [7, 11) is -3.75. The molecule has 1 aliphatic rings. The Kier molecular flexibility index (Phi) is 6.80. The van der Waals surface area contributed by atoms with E-state index in [0.29, 0.717) is 36.3 Å². The second kappa shape index (κ2) is 9.34. The quantitative estimate of drug-likeness (QED) is 0.646. The normalized spacial score (nSPS) is 16.1. The van der Waals surface area contributed by atoms with E-state index in [2.05, 4.69) is 16.6 Å². The van der Waals surface area contributed by atoms with Crippen LogP contribution in [0.1, 0.15) is 34.3 Å². The largest absolute Gasteiger partial charge is 0.351 e. The zero-order valence-electron chi connectivity index (χ0n) is 17.7. The number of likely N-dealkylation sites (tertiary alicyclic amines) is 1. The number of sulfonamides is 1. The maximum Gasteiger partial charge on any atom is 0.262 e. The Morgan fingerprint density at radius 2 is 1.87 bits per heavy atom. The van der Waals surface area contributed by atoms with Crippen LogP contribution in [0.15, 0.2) is 60.0 Å². The molecule has 2 N–H and O–H groups in total. The van der Waals surface area contributed by atoms with Crippen molar-refractivity contribution in [2.75, 3.05) is 17.8 Å². The van der Waals surface area contributed by atoms with Crippen molar-refractivity contribution < 1.29 is 18.0 Å². The van der Waals surface area contributed by atoms with E-state index < -0.39 is 16.1 Å². The molecule has 0 spiro atoms. The van der Waals surface area contributed by atoms with Gasteiger partial charge in [-0.3, -0.25) is 14.3 Å². The van der Waals surface area contributed by atoms with Crippen molar-refractivity contribution in [1.82, 2.24) is 10.2 Å². The van der Waals surface area contributed by atoms with Crippen LogP contribution in [0.2, 0.25) is 0 Å². The number of nitrogens with one attached hydrogen (secondary N) is 2. The maximum absolute atomic E-state index is 12.9. The Morgan fingerprint density at radius 3 is 2.55 bits per heavy atom. The Hall–Kier alpha value is -3.13. The first-order chi connectivity index (χ1) is 14.7. The van der Waals surface area contributed by atoms with E-state index >= 15 is 0 Å². The number of hydrogen-bond donors (Lipinski definition) is 2. The lowest BCUT2D eigenvalue weighted by Gasteiger charge is -2.24. The van der Waals surface area contributed by atoms with Crippen LogP contribution >= 0.6 is 0 Å². The van der Waals surface area contributed by atoms with E-state index in [1.807, 2.05) is 13.0 Å². The van der Waals surface area contributed by atoms with Crippen LogP contribution in [-0.2, 0) is 14.8 Å². The fraction of sp³-hybridized carbons (Fsp3) is 0.304. The van der Waals surface area contributed by atoms with Crippen LogP contribution in [0.4, 0.5) is 5.69 Å². The lowest BCUT2D eigenvalue weighted by molar-refractivity contribution is -0.124. The van der Waals surface area contributed by atoms with Crippen LogP contribution in [0.3, 0.4) is 0 Å². The van der Waals surface area contributed by atoms with Gasteiger partial charge in [0.05, 0.1) is 4.90 Å². The maximum atomic E-state index is 12.9. The van der Waals surface area contributed by atoms with E-state index in [0.717, 1.165) is 12.0 Å². The van der Waals surface area contributed by atoms with Gasteiger partial charge in [0.15, 0.2) is 0 Å². The highest BCUT2D eigenvalue weighted by molar-refractivity contribution is 7.92. The molecule has 1 aliphatic heterocycles. The minimum atomic E-state index is -3.75. The molecule has 164 valence electrons. The number of amides is 2. The molecule has 0 saturated carbocycles. The van der Waals surface area contributed by atoms with Crippen LogP contribution in [-0.4, -0.2) is 44.3 Å². The third kappa shape index (κ3) is 5.14. The molecule has 3 rings (SSSR count). The van der Waals surface area contributed by atoms with Gasteiger partial charge in [0.1, 0.15) is 6.04 Å². The van der Waals surface area contributed by atoms with Gasteiger partial charge in [0.25, 0.3) is 15.9 Å². The molecule has 1 atom stereocenters. The van der Waals surface area contributed by atoms with Crippen LogP contribution < -0.4 is 10.0 Å². The molecule has 0 unspecified atom stereocenters. The number of rotatable bonds is 7. The summed E-state index contributed by atoms with van der Waals surface area (Å²) >= 11 is 0. The lowest BCUT2D eigenvalue weighted by atomic mass is 10.1. The number of hydrogen-bond acceptors (Lipinski definition) is 4. The van der Waals surface area contributed by atoms with Gasteiger partial charge in [-0.2, -0.15) is 0 Å². The molecule has 2 amide bonds. The summed E-state index contributed by atoms with van der Waals surface area (Å²) in [5, 5.41) is 2.74. The average molecular weight is 442 g/mol. The summed E-state index contributed by atoms with van der Waals surface area (Å²) in [6, 6.07) is 11.0. The zero-order chi connectivity index (χ0) is 22.6. The third-order valence-electron chi connectivity index (χ3n) is 5.25. The summed E-state index contributed by atoms with van der Waals surface area (Å²) in [4.78, 5) is 27.0. The number of carbonyl (C=O) groups excluding carboxylic acids is 2. The Balaban J connectivity index is 1.74. The van der Waals surface area contributed by atoms with Crippen molar-refractivity contribution in [3.63, 3.8) is 0 Å². The highest BCUT2D eigenvalue weighted by Crippen LogP contribution is 2.23. The molecule has 31 heavy (non-hydrogen) atoms. The predicted molar refractivity (Wildman–Crippen MR) is 120 cm³/mol. The summed E-state index contributed by atoms with van der Waals surface area (Å²) in [5.41, 5.74) is 2.26. The topological polar surface area (TPSA) is 95.6 Å². The van der Waals surface area contributed by atoms with Gasteiger partial charge in [-0.1, -0.05) is 18.2 Å². The first-order valence-electron chi connectivity index (χ1n) is 10.1. The van der Waals surface area contributed by atoms with Crippen molar-refractivity contribution in [3.05, 3.63) is 71.8 Å². The van der Waals surface area contributed by atoms with Gasteiger partial charge in [-0.05, 0) is 68.1 Å². The smallest absolute Gasteiger partial charge is 0.262 e. The number of benzene rings is 2. The third-order valence-corrected chi connectivity index (χ3v) is 6.78. The van der Waals surface area contributed by atoms with Crippen LogP contribution in [0.5, 0.6) is 0 Å². The fourth-order valence-corrected chi connectivity index (χ4v) is 5.02. The monoisotopic (exact) mass is 441 g/mol. The minimum absolute atomic E-state index is 0.191. The Morgan fingerprint density at radius 1 is 1.16 bits per heavy atom. The van der Waals surface area contributed by atoms with Crippen molar-refractivity contribution in [1.29, 1.82) is 0 Å². The highest BCUT2D eigenvalue weighted by atomic mass is 32.2. The van der Waals surface area contributed by atoms with Crippen molar-refractivity contribution in [2.45, 2.75) is 37.6 Å². The number of aryl methyl sites for hydroxylation is 2. The molecular weight excluding hydrogens is 414 g/mol. The molecule has 1 heterocycles. The van der Waals surface area contributed by atoms with Gasteiger partial charge in [-0.15, -0.1) is 6.58 Å². The van der Waals surface area contributed by atoms with Gasteiger partial charge in [0.2, 0.25) is 5.91 Å². The Labute approximate surface area is 183 Å². The molecule has 1 fully saturated rings. The van der Waals surface area contributed by atoms with Gasteiger partial charge in [0, 0.05) is 24.3 Å². The molecule has 2 aromatic rings. The predicted octanol–water partition coefficient (Wildman–Crippen LogP) is 3.01. The molecule has 1 saturated heterocycles. The first kappa shape index (κ1) is 22.6. The van der Waals surface area contributed by atoms with Gasteiger partial charge in [-0.25, -0.2) is 8.42 Å². The number of anilines is 1. The fourth-order valence-electron chi connectivity index (χ4n) is 3.63. The number of nitrogens with zero attached hydrogens (tertiary/aromatic N) is 1. The molecule has 0 radical (unpaired) electrons. The molecule has 0 aliphatic carbocycles. The molecule has 8 heteroatoms. The van der Waals surface area contributed by atoms with Crippen molar-refractivity contribution in [2.24, 2.45) is 0 Å². The number of carbonyl (C=O) groups is 2. The standard InChI is InChI=1S/C23H27N3O4S/c1-4-13-24-22(27)20-6-5-14-26(20)23(28)18-9-11-19(12-10-18)25-31(29,30)21-15-16(2)7-8-17(21)3/h4,7-12,15,20,25H,1,5-6,13-14H2,2-3H3,(H,24,27)/t20-/m1/s1. The molecule has 0 aromatic heterocycles. The molecule has 7 nitrogen and oxygen atoms in total. The van der Waals surface area contributed by atoms with Crippen molar-refractivity contribution in [3.8, 4) is 0 Å². The first-order valence-corrected chi connectivity index (χ1v) is 11.6. The van der Waals surface area contributed by atoms with E-state index in [1.165, 1.54) is 0 Å². The van der Waals surface area contributed by atoms with E-state index in [4.69, 9.17) is 0 Å². The second-order valence-corrected chi connectivity index (χ2v) is 9.29. The molecular formula is C23H27N3O4S. The Bertz CT molecular complexity index is 1090. The zero-order valence-corrected chi connectivity index (χ0v) is 18.5. The highest BCUT2D eigenvalue weighted by Gasteiger charge is 2.34. The van der Waals surface area contributed by atoms with Crippen molar-refractivity contribution >= 4 is 27.5 Å². The molecule has 2 aromatic carbocycles. The van der Waals surface area contributed by atoms with Crippen LogP contribution in [0, 0.1) is 13.8 Å². The van der Waals surface area contributed by atoms with E-state index in [1.54, 1.807) is 54.3 Å². The average Bonchev–Trinajstić information content (AvgIpc) is 3.23. The molecule has 0 bridgehead atoms. The summed E-state index contributed by atoms with van der Waals surface area (Å²) < 4.78 is 28.1.